The molecular weight excluding hydrogens is 250 g/mol. The minimum atomic E-state index is 0.630. The van der Waals surface area contributed by atoms with Crippen LogP contribution in [-0.4, -0.2) is 13.7 Å². The van der Waals surface area contributed by atoms with E-state index >= 15 is 0 Å². The number of aromatic nitrogens is 1. The zero-order chi connectivity index (χ0) is 14.4. The van der Waals surface area contributed by atoms with Crippen molar-refractivity contribution < 1.29 is 14.0 Å². The molecule has 0 aliphatic heterocycles. The van der Waals surface area contributed by atoms with Gasteiger partial charge < -0.3 is 9.47 Å². The van der Waals surface area contributed by atoms with E-state index in [1.165, 1.54) is 0 Å². The summed E-state index contributed by atoms with van der Waals surface area (Å²) in [5.74, 6) is 1.53. The Morgan fingerprint density at radius 3 is 2.65 bits per heavy atom. The lowest BCUT2D eigenvalue weighted by Gasteiger charge is -2.09. The first-order valence-corrected chi connectivity index (χ1v) is 6.68. The van der Waals surface area contributed by atoms with Gasteiger partial charge in [0.25, 0.3) is 0 Å². The highest BCUT2D eigenvalue weighted by molar-refractivity contribution is 5.68. The molecule has 20 heavy (non-hydrogen) atoms. The molecule has 0 aliphatic carbocycles. The fourth-order valence-electron chi connectivity index (χ4n) is 1.95. The van der Waals surface area contributed by atoms with Gasteiger partial charge in [0.2, 0.25) is 5.69 Å². The zero-order valence-corrected chi connectivity index (χ0v) is 12.2. The monoisotopic (exact) mass is 270 g/mol. The largest absolute Gasteiger partial charge is 0.493 e. The van der Waals surface area contributed by atoms with Gasteiger partial charge in [0, 0.05) is 18.2 Å². The summed E-state index contributed by atoms with van der Waals surface area (Å²) >= 11 is 0. The van der Waals surface area contributed by atoms with Crippen molar-refractivity contribution in [2.75, 3.05) is 13.7 Å². The highest BCUT2D eigenvalue weighted by Gasteiger charge is 2.04. The molecule has 0 spiro atoms. The van der Waals surface area contributed by atoms with E-state index < -0.39 is 0 Å². The van der Waals surface area contributed by atoms with E-state index in [0.29, 0.717) is 6.61 Å². The van der Waals surface area contributed by atoms with Crippen molar-refractivity contribution in [1.29, 1.82) is 0 Å². The summed E-state index contributed by atoms with van der Waals surface area (Å²) in [7, 11) is 3.68. The minimum absolute atomic E-state index is 0.630. The van der Waals surface area contributed by atoms with Crippen LogP contribution in [-0.2, 0) is 7.05 Å². The summed E-state index contributed by atoms with van der Waals surface area (Å²) in [6.07, 6.45) is 6.17. The fourth-order valence-corrected chi connectivity index (χ4v) is 1.95. The summed E-state index contributed by atoms with van der Waals surface area (Å²) in [6.45, 7) is 2.59. The van der Waals surface area contributed by atoms with Gasteiger partial charge >= 0.3 is 0 Å². The van der Waals surface area contributed by atoms with Gasteiger partial charge in [0.15, 0.2) is 17.7 Å². The van der Waals surface area contributed by atoms with Gasteiger partial charge in [0.05, 0.1) is 13.7 Å². The molecule has 0 N–H and O–H groups in total. The van der Waals surface area contributed by atoms with Crippen molar-refractivity contribution in [1.82, 2.24) is 0 Å². The van der Waals surface area contributed by atoms with Crippen LogP contribution in [0.15, 0.2) is 42.6 Å². The number of hydrogen-bond donors (Lipinski definition) is 0. The number of pyridine rings is 1. The summed E-state index contributed by atoms with van der Waals surface area (Å²) < 4.78 is 12.9. The van der Waals surface area contributed by atoms with Crippen molar-refractivity contribution in [3.05, 3.63) is 53.9 Å². The van der Waals surface area contributed by atoms with E-state index in [1.54, 1.807) is 7.11 Å². The topological polar surface area (TPSA) is 22.3 Å². The smallest absolute Gasteiger partial charge is 0.204 e. The number of methoxy groups -OCH3 is 1. The number of benzene rings is 1. The number of nitrogens with zero attached hydrogens (tertiary/aromatic N) is 1. The van der Waals surface area contributed by atoms with Gasteiger partial charge in [-0.05, 0) is 36.8 Å². The molecule has 0 atom stereocenters. The van der Waals surface area contributed by atoms with Crippen LogP contribution in [0.5, 0.6) is 11.5 Å². The van der Waals surface area contributed by atoms with E-state index in [2.05, 4.69) is 22.8 Å². The third-order valence-corrected chi connectivity index (χ3v) is 3.03. The molecule has 0 aliphatic rings. The second-order valence-electron chi connectivity index (χ2n) is 4.41. The van der Waals surface area contributed by atoms with E-state index in [4.69, 9.17) is 9.47 Å². The Morgan fingerprint density at radius 2 is 1.95 bits per heavy atom. The Morgan fingerprint density at radius 1 is 1.10 bits per heavy atom. The predicted octanol–water partition coefficient (Wildman–Crippen LogP) is 3.09. The summed E-state index contributed by atoms with van der Waals surface area (Å²) in [6, 6.07) is 12.0. The molecule has 0 amide bonds. The Bertz CT molecular complexity index is 606. The molecule has 3 heteroatoms. The van der Waals surface area contributed by atoms with Gasteiger partial charge in [-0.25, -0.2) is 4.57 Å². The molecule has 0 saturated carbocycles. The highest BCUT2D eigenvalue weighted by Crippen LogP contribution is 2.28. The molecular formula is C17H20NO2+. The molecule has 2 aromatic rings. The van der Waals surface area contributed by atoms with Gasteiger partial charge in [-0.2, -0.15) is 0 Å². The predicted molar refractivity (Wildman–Crippen MR) is 80.7 cm³/mol. The van der Waals surface area contributed by atoms with Crippen LogP contribution >= 0.6 is 0 Å². The normalized spacial score (nSPS) is 10.8. The first kappa shape index (κ1) is 14.1. The van der Waals surface area contributed by atoms with E-state index in [1.807, 2.05) is 50.5 Å². The lowest BCUT2D eigenvalue weighted by Crippen LogP contribution is -2.30. The van der Waals surface area contributed by atoms with Crippen LogP contribution in [0.2, 0.25) is 0 Å². The number of hydrogen-bond acceptors (Lipinski definition) is 2. The van der Waals surface area contributed by atoms with E-state index in [9.17, 15) is 0 Å². The zero-order valence-electron chi connectivity index (χ0n) is 12.2. The maximum atomic E-state index is 5.51. The average Bonchev–Trinajstić information content (AvgIpc) is 2.48. The van der Waals surface area contributed by atoms with Crippen molar-refractivity contribution in [3.8, 4) is 11.5 Å². The van der Waals surface area contributed by atoms with Crippen LogP contribution in [0.1, 0.15) is 18.2 Å². The standard InChI is InChI=1S/C17H20NO2/c1-4-20-16-11-9-14(13-17(16)19-3)8-10-15-7-5-6-12-18(15)2/h5-13H,4H2,1-3H3/q+1/b10-8+. The average molecular weight is 270 g/mol. The first-order chi connectivity index (χ1) is 9.74. The van der Waals surface area contributed by atoms with Gasteiger partial charge in [-0.1, -0.05) is 6.07 Å². The molecule has 0 radical (unpaired) electrons. The molecule has 1 aromatic carbocycles. The maximum absolute atomic E-state index is 5.51. The summed E-state index contributed by atoms with van der Waals surface area (Å²) in [5, 5.41) is 0. The van der Waals surface area contributed by atoms with Crippen molar-refractivity contribution >= 4 is 12.2 Å². The van der Waals surface area contributed by atoms with Crippen LogP contribution in [0.25, 0.3) is 12.2 Å². The molecule has 1 aromatic heterocycles. The lowest BCUT2D eigenvalue weighted by molar-refractivity contribution is -0.673. The molecule has 1 heterocycles. The maximum Gasteiger partial charge on any atom is 0.204 e. The van der Waals surface area contributed by atoms with Crippen LogP contribution < -0.4 is 14.0 Å². The Hall–Kier alpha value is -2.29. The molecule has 0 unspecified atom stereocenters. The lowest BCUT2D eigenvalue weighted by atomic mass is 10.1. The third kappa shape index (κ3) is 3.38. The van der Waals surface area contributed by atoms with Gasteiger partial charge in [-0.3, -0.25) is 0 Å². The SMILES string of the molecule is CCOc1ccc(/C=C/c2cccc[n+]2C)cc1OC. The number of rotatable bonds is 5. The Labute approximate surface area is 120 Å². The van der Waals surface area contributed by atoms with Crippen molar-refractivity contribution in [2.45, 2.75) is 6.92 Å². The van der Waals surface area contributed by atoms with Crippen molar-refractivity contribution in [2.24, 2.45) is 7.05 Å². The summed E-state index contributed by atoms with van der Waals surface area (Å²) in [4.78, 5) is 0. The molecule has 3 nitrogen and oxygen atoms in total. The highest BCUT2D eigenvalue weighted by atomic mass is 16.5. The second kappa shape index (κ2) is 6.75. The summed E-state index contributed by atoms with van der Waals surface area (Å²) in [5.41, 5.74) is 2.22. The van der Waals surface area contributed by atoms with Crippen LogP contribution in [0.3, 0.4) is 0 Å². The quantitative estimate of drug-likeness (QED) is 0.779. The van der Waals surface area contributed by atoms with Crippen LogP contribution in [0.4, 0.5) is 0 Å². The Kier molecular flexibility index (Phi) is 4.77. The van der Waals surface area contributed by atoms with Crippen LogP contribution in [0, 0.1) is 0 Å². The van der Waals surface area contributed by atoms with Gasteiger partial charge in [-0.15, -0.1) is 0 Å². The Balaban J connectivity index is 2.24. The first-order valence-electron chi connectivity index (χ1n) is 6.68. The van der Waals surface area contributed by atoms with E-state index in [-0.39, 0.29) is 0 Å². The third-order valence-electron chi connectivity index (χ3n) is 3.03. The molecule has 104 valence electrons. The van der Waals surface area contributed by atoms with Gasteiger partial charge in [0.1, 0.15) is 7.05 Å². The molecule has 0 saturated heterocycles. The molecule has 0 fully saturated rings. The number of ether oxygens (including phenoxy) is 2. The second-order valence-corrected chi connectivity index (χ2v) is 4.41. The number of aryl methyl sites for hydroxylation is 1. The minimum Gasteiger partial charge on any atom is -0.493 e. The molecule has 2 rings (SSSR count). The van der Waals surface area contributed by atoms with E-state index in [0.717, 1.165) is 22.8 Å². The molecule has 0 bridgehead atoms. The fraction of sp³-hybridized carbons (Fsp3) is 0.235. The van der Waals surface area contributed by atoms with Crippen molar-refractivity contribution in [3.63, 3.8) is 0 Å².